The van der Waals surface area contributed by atoms with Gasteiger partial charge in [0.25, 0.3) is 0 Å². The Balaban J connectivity index is 2.25. The van der Waals surface area contributed by atoms with Gasteiger partial charge in [-0.3, -0.25) is 0 Å². The minimum atomic E-state index is -1.09. The molecule has 1 aromatic carbocycles. The van der Waals surface area contributed by atoms with E-state index < -0.39 is 5.97 Å². The van der Waals surface area contributed by atoms with Crippen LogP contribution in [0.2, 0.25) is 0 Å². The van der Waals surface area contributed by atoms with Gasteiger partial charge < -0.3 is 14.4 Å². The normalized spacial score (nSPS) is 11.7. The van der Waals surface area contributed by atoms with E-state index in [2.05, 4.69) is 6.07 Å². The van der Waals surface area contributed by atoms with E-state index in [1.165, 1.54) is 6.07 Å². The summed E-state index contributed by atoms with van der Waals surface area (Å²) in [5, 5.41) is 17.8. The van der Waals surface area contributed by atoms with Crippen LogP contribution in [-0.4, -0.2) is 18.1 Å². The molecule has 1 heterocycles. The number of nitriles is 1. The van der Waals surface area contributed by atoms with Crippen molar-refractivity contribution in [3.8, 4) is 6.07 Å². The maximum Gasteiger partial charge on any atom is 0.371 e. The van der Waals surface area contributed by atoms with Crippen LogP contribution in [0.15, 0.2) is 40.8 Å². The summed E-state index contributed by atoms with van der Waals surface area (Å²) in [6, 6.07) is 12.2. The van der Waals surface area contributed by atoms with Gasteiger partial charge in [0.15, 0.2) is 0 Å². The number of furan rings is 1. The second-order valence-corrected chi connectivity index (χ2v) is 4.46. The first-order valence-electron chi connectivity index (χ1n) is 6.09. The van der Waals surface area contributed by atoms with Crippen molar-refractivity contribution < 1.29 is 14.3 Å². The Morgan fingerprint density at radius 3 is 2.75 bits per heavy atom. The molecule has 0 saturated carbocycles. The molecule has 2 aromatic rings. The van der Waals surface area contributed by atoms with Gasteiger partial charge in [0.1, 0.15) is 5.76 Å². The smallest absolute Gasteiger partial charge is 0.371 e. The first-order valence-corrected chi connectivity index (χ1v) is 6.09. The molecule has 1 atom stereocenters. The molecule has 5 heteroatoms. The minimum absolute atomic E-state index is 0.0778. The Kier molecular flexibility index (Phi) is 3.76. The number of carbonyl (C=O) groups is 1. The van der Waals surface area contributed by atoms with E-state index in [1.54, 1.807) is 18.2 Å². The Morgan fingerprint density at radius 1 is 1.40 bits per heavy atom. The number of rotatable bonds is 4. The number of anilines is 1. The van der Waals surface area contributed by atoms with Crippen molar-refractivity contribution in [2.45, 2.75) is 13.0 Å². The van der Waals surface area contributed by atoms with Gasteiger partial charge in [-0.15, -0.1) is 0 Å². The molecule has 0 bridgehead atoms. The topological polar surface area (TPSA) is 77.5 Å². The van der Waals surface area contributed by atoms with E-state index in [4.69, 9.17) is 14.8 Å². The van der Waals surface area contributed by atoms with E-state index >= 15 is 0 Å². The third-order valence-corrected chi connectivity index (χ3v) is 3.21. The maximum atomic E-state index is 10.8. The Hall–Kier alpha value is -2.74. The first-order chi connectivity index (χ1) is 9.52. The zero-order valence-electron chi connectivity index (χ0n) is 11.2. The zero-order valence-corrected chi connectivity index (χ0v) is 11.2. The number of hydrogen-bond donors (Lipinski definition) is 1. The van der Waals surface area contributed by atoms with Crippen molar-refractivity contribution in [3.63, 3.8) is 0 Å². The van der Waals surface area contributed by atoms with Gasteiger partial charge in [-0.25, -0.2) is 4.79 Å². The van der Waals surface area contributed by atoms with Crippen molar-refractivity contribution in [1.29, 1.82) is 5.26 Å². The summed E-state index contributed by atoms with van der Waals surface area (Å²) in [6.07, 6.45) is 0. The molecule has 0 fully saturated rings. The SMILES string of the molecule is CC(c1ccc(C(=O)O)o1)N(C)c1cccc(C#N)c1. The lowest BCUT2D eigenvalue weighted by Gasteiger charge is -2.25. The van der Waals surface area contributed by atoms with Crippen molar-refractivity contribution in [1.82, 2.24) is 0 Å². The van der Waals surface area contributed by atoms with Crippen LogP contribution in [0.3, 0.4) is 0 Å². The van der Waals surface area contributed by atoms with Crippen LogP contribution in [0.4, 0.5) is 5.69 Å². The fraction of sp³-hybridized carbons (Fsp3) is 0.200. The number of hydrogen-bond acceptors (Lipinski definition) is 4. The molecular weight excluding hydrogens is 256 g/mol. The van der Waals surface area contributed by atoms with Crippen LogP contribution >= 0.6 is 0 Å². The molecule has 20 heavy (non-hydrogen) atoms. The third-order valence-electron chi connectivity index (χ3n) is 3.21. The van der Waals surface area contributed by atoms with Gasteiger partial charge in [0.05, 0.1) is 17.7 Å². The quantitative estimate of drug-likeness (QED) is 0.923. The number of aromatic carboxylic acids is 1. The van der Waals surface area contributed by atoms with Gasteiger partial charge in [0, 0.05) is 12.7 Å². The number of carboxylic acids is 1. The second-order valence-electron chi connectivity index (χ2n) is 4.46. The van der Waals surface area contributed by atoms with Crippen LogP contribution < -0.4 is 4.90 Å². The largest absolute Gasteiger partial charge is 0.475 e. The van der Waals surface area contributed by atoms with Gasteiger partial charge in [-0.2, -0.15) is 5.26 Å². The third kappa shape index (κ3) is 2.64. The molecule has 1 unspecified atom stereocenters. The Labute approximate surface area is 116 Å². The highest BCUT2D eigenvalue weighted by atomic mass is 16.4. The summed E-state index contributed by atoms with van der Waals surface area (Å²) in [7, 11) is 1.87. The average molecular weight is 270 g/mol. The lowest BCUT2D eigenvalue weighted by Crippen LogP contribution is -2.21. The average Bonchev–Trinajstić information content (AvgIpc) is 2.95. The van der Waals surface area contributed by atoms with E-state index in [0.717, 1.165) is 5.69 Å². The van der Waals surface area contributed by atoms with Crippen molar-refractivity contribution in [2.24, 2.45) is 0 Å². The van der Waals surface area contributed by atoms with Gasteiger partial charge in [-0.05, 0) is 37.3 Å². The lowest BCUT2D eigenvalue weighted by molar-refractivity contribution is 0.0660. The molecule has 0 amide bonds. The van der Waals surface area contributed by atoms with E-state index in [0.29, 0.717) is 11.3 Å². The molecule has 102 valence electrons. The summed E-state index contributed by atoms with van der Waals surface area (Å²) in [5.74, 6) is -0.601. The molecule has 0 aliphatic carbocycles. The molecule has 1 aromatic heterocycles. The Bertz CT molecular complexity index is 670. The van der Waals surface area contributed by atoms with Gasteiger partial charge in [0.2, 0.25) is 5.76 Å². The van der Waals surface area contributed by atoms with Crippen LogP contribution in [0, 0.1) is 11.3 Å². The molecule has 5 nitrogen and oxygen atoms in total. The fourth-order valence-electron chi connectivity index (χ4n) is 1.90. The summed E-state index contributed by atoms with van der Waals surface area (Å²) in [5.41, 5.74) is 1.44. The van der Waals surface area contributed by atoms with E-state index in [1.807, 2.05) is 31.0 Å². The van der Waals surface area contributed by atoms with Gasteiger partial charge in [-0.1, -0.05) is 6.07 Å². The second kappa shape index (κ2) is 5.49. The first kappa shape index (κ1) is 13.7. The van der Waals surface area contributed by atoms with Crippen molar-refractivity contribution >= 4 is 11.7 Å². The summed E-state index contributed by atoms with van der Waals surface area (Å²) in [6.45, 7) is 1.91. The monoisotopic (exact) mass is 270 g/mol. The minimum Gasteiger partial charge on any atom is -0.475 e. The van der Waals surface area contributed by atoms with Crippen LogP contribution in [0.1, 0.15) is 34.8 Å². The highest BCUT2D eigenvalue weighted by Crippen LogP contribution is 2.27. The molecule has 0 spiro atoms. The van der Waals surface area contributed by atoms with Crippen molar-refractivity contribution in [2.75, 3.05) is 11.9 Å². The molecule has 1 N–H and O–H groups in total. The molecular formula is C15H14N2O3. The number of benzene rings is 1. The number of carboxylic acid groups (broad SMARTS) is 1. The van der Waals surface area contributed by atoms with Crippen LogP contribution in [0.5, 0.6) is 0 Å². The van der Waals surface area contributed by atoms with Crippen LogP contribution in [-0.2, 0) is 0 Å². The predicted octanol–water partition coefficient (Wildman–Crippen LogP) is 3.05. The summed E-state index contributed by atoms with van der Waals surface area (Å²) in [4.78, 5) is 12.7. The Morgan fingerprint density at radius 2 is 2.15 bits per heavy atom. The fourth-order valence-corrected chi connectivity index (χ4v) is 1.90. The molecule has 2 rings (SSSR count). The highest BCUT2D eigenvalue weighted by molar-refractivity contribution is 5.84. The maximum absolute atomic E-state index is 10.8. The molecule has 0 saturated heterocycles. The van der Waals surface area contributed by atoms with E-state index in [9.17, 15) is 4.79 Å². The predicted molar refractivity (Wildman–Crippen MR) is 73.6 cm³/mol. The highest BCUT2D eigenvalue weighted by Gasteiger charge is 2.18. The number of nitrogens with zero attached hydrogens (tertiary/aromatic N) is 2. The van der Waals surface area contributed by atoms with Gasteiger partial charge >= 0.3 is 5.97 Å². The molecule has 0 aliphatic rings. The summed E-state index contributed by atoms with van der Waals surface area (Å²) < 4.78 is 5.30. The zero-order chi connectivity index (χ0) is 14.7. The van der Waals surface area contributed by atoms with E-state index in [-0.39, 0.29) is 11.8 Å². The molecule has 0 aliphatic heterocycles. The lowest BCUT2D eigenvalue weighted by atomic mass is 10.1. The van der Waals surface area contributed by atoms with Crippen molar-refractivity contribution in [3.05, 3.63) is 53.5 Å². The molecule has 0 radical (unpaired) electrons. The standard InChI is InChI=1S/C15H14N2O3/c1-10(13-6-7-14(20-13)15(18)19)17(2)12-5-3-4-11(8-12)9-16/h3-8,10H,1-2H3,(H,18,19). The van der Waals surface area contributed by atoms with Crippen LogP contribution in [0.25, 0.3) is 0 Å². The summed E-state index contributed by atoms with van der Waals surface area (Å²) >= 11 is 0.